The van der Waals surface area contributed by atoms with Crippen LogP contribution in [0.15, 0.2) is 261 Å². The van der Waals surface area contributed by atoms with Crippen LogP contribution in [0.5, 0.6) is 0 Å². The van der Waals surface area contributed by atoms with Gasteiger partial charge in [-0.3, -0.25) is 0 Å². The van der Waals surface area contributed by atoms with Crippen molar-refractivity contribution in [1.82, 2.24) is 0 Å². The van der Waals surface area contributed by atoms with Crippen LogP contribution in [0.4, 0.5) is 17.1 Å². The Morgan fingerprint density at radius 2 is 0.724 bits per heavy atom. The first-order valence-electron chi connectivity index (χ1n) is 27.2. The van der Waals surface area contributed by atoms with E-state index in [-0.39, 0.29) is 5.41 Å². The van der Waals surface area contributed by atoms with Crippen LogP contribution >= 0.6 is 0 Å². The quantitative estimate of drug-likeness (QED) is 0.130. The average Bonchev–Trinajstić information content (AvgIpc) is 4.36. The average molecular weight is 970 g/mol. The van der Waals surface area contributed by atoms with Crippen LogP contribution < -0.4 is 4.90 Å². The number of para-hydroxylation sites is 1. The monoisotopic (exact) mass is 969 g/mol. The highest BCUT2D eigenvalue weighted by atomic mass is 15.1. The first-order chi connectivity index (χ1) is 37.6. The molecule has 0 atom stereocenters. The lowest BCUT2D eigenvalue weighted by atomic mass is 9.67. The lowest BCUT2D eigenvalue weighted by Gasteiger charge is -2.33. The van der Waals surface area contributed by atoms with Crippen molar-refractivity contribution < 1.29 is 0 Å². The van der Waals surface area contributed by atoms with E-state index in [1.807, 2.05) is 0 Å². The summed E-state index contributed by atoms with van der Waals surface area (Å²) in [5.41, 5.74) is 28.9. The molecule has 0 aliphatic heterocycles. The molecule has 1 heteroatoms. The third-order valence-electron chi connectivity index (χ3n) is 18.1. The summed E-state index contributed by atoms with van der Waals surface area (Å²) in [6, 6.07) is 98.2. The van der Waals surface area contributed by atoms with Gasteiger partial charge in [0.15, 0.2) is 0 Å². The Morgan fingerprint density at radius 3 is 1.28 bits per heavy atom. The molecule has 0 amide bonds. The van der Waals surface area contributed by atoms with Gasteiger partial charge >= 0.3 is 0 Å². The predicted octanol–water partition coefficient (Wildman–Crippen LogP) is 19.1. The maximum atomic E-state index is 2.53. The summed E-state index contributed by atoms with van der Waals surface area (Å²) >= 11 is 0. The largest absolute Gasteiger partial charge is 0.310 e. The Kier molecular flexibility index (Phi) is 9.94. The van der Waals surface area contributed by atoms with E-state index in [1.54, 1.807) is 0 Å². The van der Waals surface area contributed by atoms with Crippen molar-refractivity contribution in [1.29, 1.82) is 0 Å². The van der Waals surface area contributed by atoms with Crippen molar-refractivity contribution in [3.63, 3.8) is 0 Å². The molecule has 0 aromatic heterocycles. The Balaban J connectivity index is 0.841. The van der Waals surface area contributed by atoms with Crippen molar-refractivity contribution in [3.8, 4) is 44.5 Å². The minimum Gasteiger partial charge on any atom is -0.310 e. The van der Waals surface area contributed by atoms with Gasteiger partial charge in [-0.25, -0.2) is 0 Å². The van der Waals surface area contributed by atoms with Crippen molar-refractivity contribution in [2.45, 2.75) is 42.9 Å². The van der Waals surface area contributed by atoms with Crippen molar-refractivity contribution >= 4 is 29.2 Å². The standard InChI is InChI=1S/C75H55N/c1-3-73(4-2)69-47-50(39-41-51-23-22-38-68-72(51)63-33-17-21-37-67(63)74(68,52-24-8-5-9-25-52)53-26-10-6-11-27-53)40-44-60(69)61-45-42-55(48-70(61)73)76(54-28-12-7-13-29-54)56-43-46-62-59-32-16-20-36-66(59)75(71(62)49-56)64-34-18-14-30-57(64)58-31-15-19-35-65(58)75/h5-49H,3-4H2,1-2H3/b41-39+. The second kappa shape index (κ2) is 17.0. The van der Waals surface area contributed by atoms with E-state index in [4.69, 9.17) is 0 Å². The first kappa shape index (κ1) is 44.4. The van der Waals surface area contributed by atoms with Gasteiger partial charge in [0.05, 0.1) is 10.8 Å². The molecule has 0 bridgehead atoms. The zero-order valence-electron chi connectivity index (χ0n) is 42.8. The van der Waals surface area contributed by atoms with Crippen LogP contribution in [0.2, 0.25) is 0 Å². The van der Waals surface area contributed by atoms with Crippen LogP contribution in [0.1, 0.15) is 93.5 Å². The first-order valence-corrected chi connectivity index (χ1v) is 27.2. The Morgan fingerprint density at radius 1 is 0.303 bits per heavy atom. The lowest BCUT2D eigenvalue weighted by molar-refractivity contribution is 0.490. The highest BCUT2D eigenvalue weighted by Crippen LogP contribution is 2.64. The van der Waals surface area contributed by atoms with Gasteiger partial charge in [-0.2, -0.15) is 0 Å². The number of hydrogen-bond donors (Lipinski definition) is 0. The molecule has 0 fully saturated rings. The molecule has 11 aromatic rings. The molecule has 0 N–H and O–H groups in total. The molecule has 1 nitrogen and oxygen atoms in total. The van der Waals surface area contributed by atoms with Gasteiger partial charge in [0, 0.05) is 22.5 Å². The molecule has 0 heterocycles. The molecule has 1 spiro atoms. The maximum absolute atomic E-state index is 2.53. The number of anilines is 3. The zero-order valence-corrected chi connectivity index (χ0v) is 42.8. The molecule has 0 unspecified atom stereocenters. The smallest absolute Gasteiger partial charge is 0.0726 e. The molecule has 0 saturated carbocycles. The maximum Gasteiger partial charge on any atom is 0.0726 e. The van der Waals surface area contributed by atoms with Gasteiger partial charge in [-0.15, -0.1) is 0 Å². The fraction of sp³-hybridized carbons (Fsp3) is 0.0933. The van der Waals surface area contributed by atoms with Crippen LogP contribution in [-0.2, 0) is 16.2 Å². The topological polar surface area (TPSA) is 3.24 Å². The predicted molar refractivity (Wildman–Crippen MR) is 317 cm³/mol. The fourth-order valence-electron chi connectivity index (χ4n) is 14.8. The second-order valence-corrected chi connectivity index (χ2v) is 21.2. The SMILES string of the molecule is CCC1(CC)c2cc(/C=C/c3cccc4c3-c3ccccc3C4(c3ccccc3)c3ccccc3)ccc2-c2ccc(N(c3ccccc3)c3ccc4c(c3)C3(c5ccccc5-c5ccccc53)c3ccccc3-4)cc21. The molecular weight excluding hydrogens is 915 g/mol. The fourth-order valence-corrected chi connectivity index (χ4v) is 14.8. The minimum atomic E-state index is -0.433. The van der Waals surface area contributed by atoms with Crippen LogP contribution in [0, 0.1) is 0 Å². The van der Waals surface area contributed by atoms with Crippen molar-refractivity contribution in [3.05, 3.63) is 328 Å². The Labute approximate surface area is 446 Å². The normalized spacial score (nSPS) is 14.8. The number of nitrogens with zero attached hydrogens (tertiary/aromatic N) is 1. The summed E-state index contributed by atoms with van der Waals surface area (Å²) in [6.07, 6.45) is 6.70. The van der Waals surface area contributed by atoms with Gasteiger partial charge in [0.25, 0.3) is 0 Å². The molecule has 76 heavy (non-hydrogen) atoms. The molecule has 360 valence electrons. The minimum absolute atomic E-state index is 0.161. The Hall–Kier alpha value is -9.04. The lowest BCUT2D eigenvalue weighted by Crippen LogP contribution is -2.28. The highest BCUT2D eigenvalue weighted by molar-refractivity contribution is 5.97. The second-order valence-electron chi connectivity index (χ2n) is 21.2. The summed E-state index contributed by atoms with van der Waals surface area (Å²) in [6.45, 7) is 4.77. The summed E-state index contributed by atoms with van der Waals surface area (Å²) in [4.78, 5) is 2.50. The molecule has 11 aromatic carbocycles. The van der Waals surface area contributed by atoms with E-state index in [0.29, 0.717) is 0 Å². The van der Waals surface area contributed by atoms with Gasteiger partial charge in [0.1, 0.15) is 0 Å². The Bertz CT molecular complexity index is 4040. The zero-order chi connectivity index (χ0) is 50.6. The van der Waals surface area contributed by atoms with Crippen molar-refractivity contribution in [2.75, 3.05) is 4.90 Å². The number of fused-ring (bicyclic) bond motifs is 16. The summed E-state index contributed by atoms with van der Waals surface area (Å²) in [7, 11) is 0. The summed E-state index contributed by atoms with van der Waals surface area (Å²) in [5.74, 6) is 0. The third kappa shape index (κ3) is 5.97. The van der Waals surface area contributed by atoms with E-state index in [9.17, 15) is 0 Å². The van der Waals surface area contributed by atoms with Gasteiger partial charge in [-0.1, -0.05) is 250 Å². The van der Waals surface area contributed by atoms with E-state index in [2.05, 4.69) is 292 Å². The molecule has 4 aliphatic rings. The van der Waals surface area contributed by atoms with E-state index < -0.39 is 10.8 Å². The summed E-state index contributed by atoms with van der Waals surface area (Å²) in [5, 5.41) is 0. The van der Waals surface area contributed by atoms with Crippen LogP contribution in [0.25, 0.3) is 56.7 Å². The molecular formula is C75H55N. The number of rotatable bonds is 9. The number of hydrogen-bond acceptors (Lipinski definition) is 1. The highest BCUT2D eigenvalue weighted by Gasteiger charge is 2.52. The molecule has 4 aliphatic carbocycles. The van der Waals surface area contributed by atoms with E-state index in [0.717, 1.165) is 24.2 Å². The van der Waals surface area contributed by atoms with Gasteiger partial charge < -0.3 is 4.90 Å². The van der Waals surface area contributed by atoms with Crippen LogP contribution in [-0.4, -0.2) is 0 Å². The van der Waals surface area contributed by atoms with Crippen LogP contribution in [0.3, 0.4) is 0 Å². The third-order valence-corrected chi connectivity index (χ3v) is 18.1. The van der Waals surface area contributed by atoms with Gasteiger partial charge in [0.2, 0.25) is 0 Å². The van der Waals surface area contributed by atoms with Gasteiger partial charge in [-0.05, 0) is 161 Å². The van der Waals surface area contributed by atoms with E-state index in [1.165, 1.54) is 117 Å². The number of benzene rings is 11. The molecule has 15 rings (SSSR count). The van der Waals surface area contributed by atoms with Crippen molar-refractivity contribution in [2.24, 2.45) is 0 Å². The molecule has 0 radical (unpaired) electrons. The summed E-state index contributed by atoms with van der Waals surface area (Å²) < 4.78 is 0. The molecule has 0 saturated heterocycles. The van der Waals surface area contributed by atoms with E-state index >= 15 is 0 Å².